The van der Waals surface area contributed by atoms with Crippen molar-refractivity contribution in [2.24, 2.45) is 0 Å². The summed E-state index contributed by atoms with van der Waals surface area (Å²) in [5.41, 5.74) is 0.788. The Morgan fingerprint density at radius 3 is 3.17 bits per heavy atom. The van der Waals surface area contributed by atoms with E-state index in [1.807, 2.05) is 6.92 Å². The summed E-state index contributed by atoms with van der Waals surface area (Å²) in [5.74, 6) is 0.0229. The van der Waals surface area contributed by atoms with Crippen LogP contribution in [0.1, 0.15) is 25.0 Å². The highest BCUT2D eigenvalue weighted by molar-refractivity contribution is 6.31. The van der Waals surface area contributed by atoms with Gasteiger partial charge in [-0.15, -0.1) is 0 Å². The maximum atomic E-state index is 11.6. The summed E-state index contributed by atoms with van der Waals surface area (Å²) in [4.78, 5) is 11.6. The molecule has 0 saturated carbocycles. The largest absolute Gasteiger partial charge is 0.376 e. The summed E-state index contributed by atoms with van der Waals surface area (Å²) in [6.45, 7) is 3.81. The number of carbonyl (C=O) groups is 1. The van der Waals surface area contributed by atoms with Gasteiger partial charge in [0.2, 0.25) is 5.91 Å². The third kappa shape index (κ3) is 3.71. The summed E-state index contributed by atoms with van der Waals surface area (Å²) < 4.78 is 7.13. The van der Waals surface area contributed by atoms with Gasteiger partial charge in [0, 0.05) is 32.3 Å². The minimum atomic E-state index is 0.0229. The molecule has 1 unspecified atom stereocenters. The first kappa shape index (κ1) is 13.4. The van der Waals surface area contributed by atoms with Gasteiger partial charge in [0.05, 0.1) is 16.8 Å². The van der Waals surface area contributed by atoms with Crippen molar-refractivity contribution in [3.05, 3.63) is 16.9 Å². The van der Waals surface area contributed by atoms with Crippen LogP contribution in [0.3, 0.4) is 0 Å². The molecule has 2 heterocycles. The lowest BCUT2D eigenvalue weighted by Crippen LogP contribution is -2.32. The minimum Gasteiger partial charge on any atom is -0.376 e. The fraction of sp³-hybridized carbons (Fsp3) is 0.667. The Morgan fingerprint density at radius 1 is 1.72 bits per heavy atom. The van der Waals surface area contributed by atoms with E-state index < -0.39 is 0 Å². The summed E-state index contributed by atoms with van der Waals surface area (Å²) in [6.07, 6.45) is 4.46. The van der Waals surface area contributed by atoms with Gasteiger partial charge in [0.25, 0.3) is 0 Å². The van der Waals surface area contributed by atoms with Crippen molar-refractivity contribution < 1.29 is 9.53 Å². The number of aryl methyl sites for hydroxylation is 2. The van der Waals surface area contributed by atoms with Crippen LogP contribution in [0, 0.1) is 6.92 Å². The molecule has 1 saturated heterocycles. The van der Waals surface area contributed by atoms with Crippen LogP contribution in [0.4, 0.5) is 0 Å². The zero-order valence-corrected chi connectivity index (χ0v) is 11.2. The maximum absolute atomic E-state index is 11.6. The molecule has 1 aliphatic heterocycles. The van der Waals surface area contributed by atoms with Crippen molar-refractivity contribution >= 4 is 17.5 Å². The van der Waals surface area contributed by atoms with Crippen LogP contribution >= 0.6 is 11.6 Å². The average Bonchev–Trinajstić information content (AvgIpc) is 2.95. The molecule has 0 bridgehead atoms. The van der Waals surface area contributed by atoms with E-state index in [0.29, 0.717) is 24.5 Å². The molecular weight excluding hydrogens is 254 g/mol. The Kier molecular flexibility index (Phi) is 4.60. The quantitative estimate of drug-likeness (QED) is 0.884. The summed E-state index contributed by atoms with van der Waals surface area (Å²) >= 11 is 5.89. The number of amides is 1. The number of ether oxygens (including phenoxy) is 1. The lowest BCUT2D eigenvalue weighted by atomic mass is 10.2. The number of rotatable bonds is 5. The fourth-order valence-corrected chi connectivity index (χ4v) is 2.10. The smallest absolute Gasteiger partial charge is 0.221 e. The molecular formula is C12H18ClN3O2. The molecule has 0 aromatic carbocycles. The van der Waals surface area contributed by atoms with Crippen molar-refractivity contribution in [3.63, 3.8) is 0 Å². The molecule has 6 heteroatoms. The monoisotopic (exact) mass is 271 g/mol. The number of aromatic nitrogens is 2. The molecule has 1 aromatic heterocycles. The van der Waals surface area contributed by atoms with Crippen molar-refractivity contribution in [2.45, 2.75) is 38.8 Å². The first-order chi connectivity index (χ1) is 8.65. The number of nitrogens with one attached hydrogen (secondary N) is 1. The first-order valence-corrected chi connectivity index (χ1v) is 6.61. The van der Waals surface area contributed by atoms with Gasteiger partial charge in [-0.1, -0.05) is 11.6 Å². The van der Waals surface area contributed by atoms with Crippen molar-refractivity contribution in [2.75, 3.05) is 13.2 Å². The van der Waals surface area contributed by atoms with E-state index in [-0.39, 0.29) is 12.0 Å². The van der Waals surface area contributed by atoms with E-state index in [9.17, 15) is 4.79 Å². The number of carbonyl (C=O) groups excluding carboxylic acids is 1. The second kappa shape index (κ2) is 6.20. The number of halogens is 1. The second-order valence-corrected chi connectivity index (χ2v) is 4.92. The molecule has 0 spiro atoms. The van der Waals surface area contributed by atoms with Gasteiger partial charge in [0.15, 0.2) is 0 Å². The van der Waals surface area contributed by atoms with Crippen LogP contribution in [-0.4, -0.2) is 34.9 Å². The highest BCUT2D eigenvalue weighted by Gasteiger charge is 2.16. The molecule has 18 heavy (non-hydrogen) atoms. The van der Waals surface area contributed by atoms with E-state index in [1.165, 1.54) is 0 Å². The van der Waals surface area contributed by atoms with Crippen molar-refractivity contribution in [1.29, 1.82) is 0 Å². The fourth-order valence-electron chi connectivity index (χ4n) is 1.95. The molecule has 1 aliphatic rings. The molecule has 0 aliphatic carbocycles. The Morgan fingerprint density at radius 2 is 2.56 bits per heavy atom. The normalized spacial score (nSPS) is 19.1. The number of hydrogen-bond donors (Lipinski definition) is 1. The van der Waals surface area contributed by atoms with Gasteiger partial charge in [-0.2, -0.15) is 5.10 Å². The molecule has 2 rings (SSSR count). The number of nitrogens with zero attached hydrogens (tertiary/aromatic N) is 2. The minimum absolute atomic E-state index is 0.0229. The Labute approximate surface area is 111 Å². The van der Waals surface area contributed by atoms with E-state index >= 15 is 0 Å². The van der Waals surface area contributed by atoms with Crippen molar-refractivity contribution in [3.8, 4) is 0 Å². The molecule has 100 valence electrons. The lowest BCUT2D eigenvalue weighted by Gasteiger charge is -2.10. The zero-order valence-electron chi connectivity index (χ0n) is 10.5. The van der Waals surface area contributed by atoms with Gasteiger partial charge in [-0.25, -0.2) is 0 Å². The SMILES string of the molecule is Cc1nn(CCC(=O)NCC2CCCO2)cc1Cl. The van der Waals surface area contributed by atoms with Crippen LogP contribution < -0.4 is 5.32 Å². The highest BCUT2D eigenvalue weighted by atomic mass is 35.5. The molecule has 1 amide bonds. The van der Waals surface area contributed by atoms with Gasteiger partial charge in [-0.3, -0.25) is 9.48 Å². The molecule has 1 N–H and O–H groups in total. The molecule has 1 atom stereocenters. The maximum Gasteiger partial charge on any atom is 0.221 e. The third-order valence-electron chi connectivity index (χ3n) is 3.01. The Bertz CT molecular complexity index is 394. The Hall–Kier alpha value is -1.07. The van der Waals surface area contributed by atoms with Crippen LogP contribution in [0.2, 0.25) is 5.02 Å². The third-order valence-corrected chi connectivity index (χ3v) is 3.38. The summed E-state index contributed by atoms with van der Waals surface area (Å²) in [7, 11) is 0. The second-order valence-electron chi connectivity index (χ2n) is 4.51. The predicted octanol–water partition coefficient (Wildman–Crippen LogP) is 1.53. The van der Waals surface area contributed by atoms with Crippen LogP contribution in [0.5, 0.6) is 0 Å². The van der Waals surface area contributed by atoms with E-state index in [2.05, 4.69) is 10.4 Å². The van der Waals surface area contributed by atoms with Crippen LogP contribution in [0.15, 0.2) is 6.20 Å². The topological polar surface area (TPSA) is 56.2 Å². The van der Waals surface area contributed by atoms with Gasteiger partial charge >= 0.3 is 0 Å². The molecule has 5 nitrogen and oxygen atoms in total. The van der Waals surface area contributed by atoms with Gasteiger partial charge < -0.3 is 10.1 Å². The van der Waals surface area contributed by atoms with E-state index in [0.717, 1.165) is 25.1 Å². The van der Waals surface area contributed by atoms with Gasteiger partial charge in [0.1, 0.15) is 0 Å². The summed E-state index contributed by atoms with van der Waals surface area (Å²) in [6, 6.07) is 0. The van der Waals surface area contributed by atoms with E-state index in [1.54, 1.807) is 10.9 Å². The highest BCUT2D eigenvalue weighted by Crippen LogP contribution is 2.12. The predicted molar refractivity (Wildman–Crippen MR) is 68.6 cm³/mol. The van der Waals surface area contributed by atoms with Crippen molar-refractivity contribution in [1.82, 2.24) is 15.1 Å². The molecule has 0 radical (unpaired) electrons. The molecule has 1 aromatic rings. The van der Waals surface area contributed by atoms with Crippen LogP contribution in [0.25, 0.3) is 0 Å². The van der Waals surface area contributed by atoms with Crippen LogP contribution in [-0.2, 0) is 16.1 Å². The summed E-state index contributed by atoms with van der Waals surface area (Å²) in [5, 5.41) is 7.71. The number of hydrogen-bond acceptors (Lipinski definition) is 3. The zero-order chi connectivity index (χ0) is 13.0. The Balaban J connectivity index is 1.67. The van der Waals surface area contributed by atoms with E-state index in [4.69, 9.17) is 16.3 Å². The standard InChI is InChI=1S/C12H18ClN3O2/c1-9-11(13)8-16(15-9)5-4-12(17)14-7-10-3-2-6-18-10/h8,10H,2-7H2,1H3,(H,14,17). The van der Waals surface area contributed by atoms with Gasteiger partial charge in [-0.05, 0) is 19.8 Å². The lowest BCUT2D eigenvalue weighted by molar-refractivity contribution is -0.121. The average molecular weight is 272 g/mol. The first-order valence-electron chi connectivity index (χ1n) is 6.23. The molecule has 1 fully saturated rings.